The van der Waals surface area contributed by atoms with Crippen molar-refractivity contribution in [1.29, 1.82) is 0 Å². The fourth-order valence-electron chi connectivity index (χ4n) is 2.56. The Balaban J connectivity index is 1.67. The van der Waals surface area contributed by atoms with Gasteiger partial charge in [0.15, 0.2) is 0 Å². The van der Waals surface area contributed by atoms with Crippen molar-refractivity contribution in [2.75, 3.05) is 17.1 Å². The number of anilines is 2. The van der Waals surface area contributed by atoms with E-state index < -0.39 is 10.0 Å². The summed E-state index contributed by atoms with van der Waals surface area (Å²) >= 11 is 0. The number of sulfonamides is 1. The number of aromatic nitrogens is 1. The van der Waals surface area contributed by atoms with E-state index >= 15 is 0 Å². The van der Waals surface area contributed by atoms with E-state index in [-0.39, 0.29) is 16.7 Å². The molecule has 0 saturated carbocycles. The maximum Gasteiger partial charge on any atom is 0.264 e. The van der Waals surface area contributed by atoms with E-state index in [1.165, 1.54) is 30.3 Å². The van der Waals surface area contributed by atoms with Crippen LogP contribution in [0.5, 0.6) is 5.75 Å². The van der Waals surface area contributed by atoms with Gasteiger partial charge in [0.2, 0.25) is 11.8 Å². The number of rotatable bonds is 7. The second kappa shape index (κ2) is 8.83. The minimum atomic E-state index is -3.85. The van der Waals surface area contributed by atoms with Gasteiger partial charge in [0, 0.05) is 22.9 Å². The van der Waals surface area contributed by atoms with Crippen molar-refractivity contribution in [3.05, 3.63) is 71.4 Å². The molecule has 156 valence electrons. The number of hydrogen-bond donors (Lipinski definition) is 2. The van der Waals surface area contributed by atoms with Gasteiger partial charge in [-0.15, -0.1) is 0 Å². The largest absolute Gasteiger partial charge is 0.496 e. The average molecular weight is 427 g/mol. The maximum atomic E-state index is 12.5. The third kappa shape index (κ3) is 4.87. The number of aryl methyl sites for hydroxylation is 1. The van der Waals surface area contributed by atoms with Crippen molar-refractivity contribution in [2.24, 2.45) is 0 Å². The lowest BCUT2D eigenvalue weighted by molar-refractivity contribution is -0.111. The van der Waals surface area contributed by atoms with Crippen LogP contribution in [0.1, 0.15) is 16.8 Å². The Morgan fingerprint density at radius 1 is 1.10 bits per heavy atom. The van der Waals surface area contributed by atoms with E-state index in [2.05, 4.69) is 15.2 Å². The smallest absolute Gasteiger partial charge is 0.264 e. The van der Waals surface area contributed by atoms with Crippen molar-refractivity contribution in [1.82, 2.24) is 5.16 Å². The zero-order chi connectivity index (χ0) is 21.7. The van der Waals surface area contributed by atoms with Gasteiger partial charge in [-0.05, 0) is 50.3 Å². The van der Waals surface area contributed by atoms with Crippen LogP contribution in [0.25, 0.3) is 6.08 Å². The third-order valence-corrected chi connectivity index (χ3v) is 5.72. The molecule has 0 bridgehead atoms. The van der Waals surface area contributed by atoms with Crippen molar-refractivity contribution in [3.8, 4) is 5.75 Å². The van der Waals surface area contributed by atoms with Crippen LogP contribution in [0.2, 0.25) is 0 Å². The number of nitrogens with one attached hydrogen (secondary N) is 2. The van der Waals surface area contributed by atoms with Gasteiger partial charge >= 0.3 is 0 Å². The number of hydrogen-bond acceptors (Lipinski definition) is 6. The molecule has 9 heteroatoms. The van der Waals surface area contributed by atoms with Crippen LogP contribution in [0, 0.1) is 13.8 Å². The van der Waals surface area contributed by atoms with Gasteiger partial charge in [0.1, 0.15) is 5.75 Å². The van der Waals surface area contributed by atoms with E-state index in [1.54, 1.807) is 33.1 Å². The lowest BCUT2D eigenvalue weighted by Crippen LogP contribution is -2.13. The van der Waals surface area contributed by atoms with Crippen LogP contribution in [0.3, 0.4) is 0 Å². The standard InChI is InChI=1S/C21H21N3O5S/c1-14-15(2)23-29-21(14)24-30(26,27)18-11-9-17(10-12-18)22-20(25)13-8-16-6-4-5-7-19(16)28-3/h4-13,24H,1-3H3,(H,22,25). The number of benzene rings is 2. The van der Waals surface area contributed by atoms with Crippen molar-refractivity contribution in [2.45, 2.75) is 18.7 Å². The van der Waals surface area contributed by atoms with Gasteiger partial charge in [0.25, 0.3) is 10.0 Å². The SMILES string of the molecule is COc1ccccc1C=CC(=O)Nc1ccc(S(=O)(=O)Nc2onc(C)c2C)cc1. The zero-order valence-corrected chi connectivity index (χ0v) is 17.5. The Kier molecular flexibility index (Phi) is 6.22. The average Bonchev–Trinajstić information content (AvgIpc) is 3.04. The van der Waals surface area contributed by atoms with E-state index in [1.807, 2.05) is 18.2 Å². The van der Waals surface area contributed by atoms with E-state index in [9.17, 15) is 13.2 Å². The minimum absolute atomic E-state index is 0.0264. The Bertz CT molecular complexity index is 1180. The molecular weight excluding hydrogens is 406 g/mol. The number of ether oxygens (including phenoxy) is 1. The molecule has 1 aromatic heterocycles. The summed E-state index contributed by atoms with van der Waals surface area (Å²) in [7, 11) is -2.29. The maximum absolute atomic E-state index is 12.5. The first kappa shape index (κ1) is 21.1. The second-order valence-electron chi connectivity index (χ2n) is 6.42. The predicted molar refractivity (Wildman–Crippen MR) is 114 cm³/mol. The van der Waals surface area contributed by atoms with E-state index in [0.29, 0.717) is 22.7 Å². The Labute approximate surface area is 174 Å². The molecule has 1 heterocycles. The monoisotopic (exact) mass is 427 g/mol. The van der Waals surface area contributed by atoms with Crippen LogP contribution in [0.4, 0.5) is 11.6 Å². The first-order valence-corrected chi connectivity index (χ1v) is 10.5. The Morgan fingerprint density at radius 3 is 2.43 bits per heavy atom. The summed E-state index contributed by atoms with van der Waals surface area (Å²) in [5.41, 5.74) is 2.44. The van der Waals surface area contributed by atoms with Crippen LogP contribution in [-0.2, 0) is 14.8 Å². The Hall–Kier alpha value is -3.59. The van der Waals surface area contributed by atoms with Gasteiger partial charge in [-0.2, -0.15) is 0 Å². The van der Waals surface area contributed by atoms with Gasteiger partial charge < -0.3 is 14.6 Å². The molecule has 3 rings (SSSR count). The lowest BCUT2D eigenvalue weighted by atomic mass is 10.2. The van der Waals surface area contributed by atoms with Crippen molar-refractivity contribution >= 4 is 33.6 Å². The van der Waals surface area contributed by atoms with Crippen LogP contribution in [0.15, 0.2) is 64.0 Å². The number of carbonyl (C=O) groups excluding carboxylic acids is 1. The third-order valence-electron chi connectivity index (χ3n) is 4.37. The number of nitrogens with zero attached hydrogens (tertiary/aromatic N) is 1. The number of amides is 1. The lowest BCUT2D eigenvalue weighted by Gasteiger charge is -2.07. The molecule has 0 aliphatic rings. The molecule has 0 aliphatic carbocycles. The Morgan fingerprint density at radius 2 is 1.80 bits per heavy atom. The summed E-state index contributed by atoms with van der Waals surface area (Å²) in [6, 6.07) is 13.1. The highest BCUT2D eigenvalue weighted by atomic mass is 32.2. The minimum Gasteiger partial charge on any atom is -0.496 e. The van der Waals surface area contributed by atoms with Gasteiger partial charge in [-0.1, -0.05) is 23.4 Å². The fourth-order valence-corrected chi connectivity index (χ4v) is 3.61. The molecule has 3 aromatic rings. The van der Waals surface area contributed by atoms with Gasteiger partial charge in [0.05, 0.1) is 17.7 Å². The summed E-state index contributed by atoms with van der Waals surface area (Å²) in [5, 5.41) is 6.41. The summed E-state index contributed by atoms with van der Waals surface area (Å²) in [6.07, 6.45) is 3.01. The molecule has 0 atom stereocenters. The predicted octanol–water partition coefficient (Wildman–Crippen LogP) is 3.75. The zero-order valence-electron chi connectivity index (χ0n) is 16.7. The molecule has 2 aromatic carbocycles. The molecule has 8 nitrogen and oxygen atoms in total. The van der Waals surface area contributed by atoms with Crippen molar-refractivity contribution < 1.29 is 22.5 Å². The van der Waals surface area contributed by atoms with E-state index in [4.69, 9.17) is 9.26 Å². The molecule has 0 spiro atoms. The number of carbonyl (C=O) groups is 1. The number of para-hydroxylation sites is 1. The molecule has 0 saturated heterocycles. The van der Waals surface area contributed by atoms with Crippen LogP contribution in [-0.4, -0.2) is 26.6 Å². The van der Waals surface area contributed by atoms with Crippen LogP contribution >= 0.6 is 0 Å². The first-order valence-electron chi connectivity index (χ1n) is 8.98. The van der Waals surface area contributed by atoms with Gasteiger partial charge in [-0.3, -0.25) is 4.79 Å². The molecule has 0 fully saturated rings. The summed E-state index contributed by atoms with van der Waals surface area (Å²) in [6.45, 7) is 3.43. The molecule has 2 N–H and O–H groups in total. The van der Waals surface area contributed by atoms with Crippen molar-refractivity contribution in [3.63, 3.8) is 0 Å². The highest BCUT2D eigenvalue weighted by molar-refractivity contribution is 7.92. The molecule has 1 amide bonds. The molecule has 0 unspecified atom stereocenters. The van der Waals surface area contributed by atoms with Gasteiger partial charge in [-0.25, -0.2) is 13.1 Å². The fraction of sp³-hybridized carbons (Fsp3) is 0.143. The molecule has 0 radical (unpaired) electrons. The van der Waals surface area contributed by atoms with Crippen LogP contribution < -0.4 is 14.8 Å². The summed E-state index contributed by atoms with van der Waals surface area (Å²) < 4.78 is 37.6. The molecule has 0 aliphatic heterocycles. The topological polar surface area (TPSA) is 111 Å². The summed E-state index contributed by atoms with van der Waals surface area (Å²) in [4.78, 5) is 12.2. The summed E-state index contributed by atoms with van der Waals surface area (Å²) in [5.74, 6) is 0.370. The molecule has 30 heavy (non-hydrogen) atoms. The second-order valence-corrected chi connectivity index (χ2v) is 8.10. The molecular formula is C21H21N3O5S. The normalized spacial score (nSPS) is 11.4. The van der Waals surface area contributed by atoms with E-state index in [0.717, 1.165) is 5.56 Å². The number of methoxy groups -OCH3 is 1. The quantitative estimate of drug-likeness (QED) is 0.556. The first-order chi connectivity index (χ1) is 14.3. The highest BCUT2D eigenvalue weighted by Crippen LogP contribution is 2.23. The highest BCUT2D eigenvalue weighted by Gasteiger charge is 2.19.